The van der Waals surface area contributed by atoms with Crippen molar-refractivity contribution >= 4 is 5.96 Å². The first-order valence-corrected chi connectivity index (χ1v) is 7.01. The quantitative estimate of drug-likeness (QED) is 0.491. The molecule has 0 bridgehead atoms. The standard InChI is InChI=1S/C16H23N3O/c1-17-16(19-15-9-5-6-10-15)18-11-13-7-3-4-8-14(13)12-20-2/h3-8,15H,9-12H2,1-2H3,(H2,17,18,19). The van der Waals surface area contributed by atoms with Gasteiger partial charge in [0.25, 0.3) is 0 Å². The predicted molar refractivity (Wildman–Crippen MR) is 82.7 cm³/mol. The van der Waals surface area contributed by atoms with Crippen molar-refractivity contribution in [2.45, 2.75) is 32.0 Å². The largest absolute Gasteiger partial charge is 0.380 e. The fraction of sp³-hybridized carbons (Fsp3) is 0.438. The number of benzene rings is 1. The Morgan fingerprint density at radius 3 is 2.60 bits per heavy atom. The van der Waals surface area contributed by atoms with Crippen molar-refractivity contribution in [3.8, 4) is 0 Å². The molecule has 1 aromatic rings. The Morgan fingerprint density at radius 1 is 1.25 bits per heavy atom. The number of rotatable bonds is 5. The Kier molecular flexibility index (Phi) is 5.62. The summed E-state index contributed by atoms with van der Waals surface area (Å²) in [6.45, 7) is 1.38. The van der Waals surface area contributed by atoms with Crippen molar-refractivity contribution in [3.05, 3.63) is 47.5 Å². The monoisotopic (exact) mass is 273 g/mol. The molecule has 0 aliphatic heterocycles. The molecule has 1 aliphatic rings. The molecule has 0 unspecified atom stereocenters. The molecule has 2 rings (SSSR count). The van der Waals surface area contributed by atoms with Crippen molar-refractivity contribution in [3.63, 3.8) is 0 Å². The zero-order valence-electron chi connectivity index (χ0n) is 12.2. The SMILES string of the molecule is CN=C(NCc1ccccc1COC)NC1CC=CC1. The first-order valence-electron chi connectivity index (χ1n) is 7.01. The van der Waals surface area contributed by atoms with Gasteiger partial charge in [0, 0.05) is 26.7 Å². The van der Waals surface area contributed by atoms with Crippen LogP contribution in [0.25, 0.3) is 0 Å². The molecule has 0 atom stereocenters. The van der Waals surface area contributed by atoms with Crippen molar-refractivity contribution in [2.24, 2.45) is 4.99 Å². The second-order valence-electron chi connectivity index (χ2n) is 4.91. The number of aliphatic imine (C=N–C) groups is 1. The highest BCUT2D eigenvalue weighted by Gasteiger charge is 2.11. The molecule has 108 valence electrons. The average Bonchev–Trinajstić information content (AvgIpc) is 2.98. The highest BCUT2D eigenvalue weighted by molar-refractivity contribution is 5.80. The lowest BCUT2D eigenvalue weighted by Crippen LogP contribution is -2.42. The summed E-state index contributed by atoms with van der Waals surface area (Å²) in [6, 6.07) is 8.77. The molecule has 0 amide bonds. The predicted octanol–water partition coefficient (Wildman–Crippen LogP) is 2.22. The number of ether oxygens (including phenoxy) is 1. The molecule has 4 heteroatoms. The summed E-state index contributed by atoms with van der Waals surface area (Å²) in [4.78, 5) is 4.28. The van der Waals surface area contributed by atoms with E-state index in [1.807, 2.05) is 12.1 Å². The molecule has 0 heterocycles. The number of nitrogens with one attached hydrogen (secondary N) is 2. The van der Waals surface area contributed by atoms with Gasteiger partial charge in [0.15, 0.2) is 5.96 Å². The highest BCUT2D eigenvalue weighted by atomic mass is 16.5. The second kappa shape index (κ2) is 7.70. The topological polar surface area (TPSA) is 45.7 Å². The Bertz CT molecular complexity index is 474. The molecule has 2 N–H and O–H groups in total. The van der Waals surface area contributed by atoms with E-state index in [4.69, 9.17) is 4.74 Å². The van der Waals surface area contributed by atoms with E-state index < -0.39 is 0 Å². The third kappa shape index (κ3) is 4.10. The van der Waals surface area contributed by atoms with Crippen LogP contribution in [0, 0.1) is 0 Å². The minimum absolute atomic E-state index is 0.468. The Labute approximate surface area is 120 Å². The van der Waals surface area contributed by atoms with Gasteiger partial charge < -0.3 is 15.4 Å². The van der Waals surface area contributed by atoms with Crippen LogP contribution >= 0.6 is 0 Å². The number of guanidine groups is 1. The number of nitrogens with zero attached hydrogens (tertiary/aromatic N) is 1. The molecule has 0 saturated carbocycles. The average molecular weight is 273 g/mol. The lowest BCUT2D eigenvalue weighted by molar-refractivity contribution is 0.184. The van der Waals surface area contributed by atoms with E-state index in [0.29, 0.717) is 12.6 Å². The minimum atomic E-state index is 0.468. The van der Waals surface area contributed by atoms with Gasteiger partial charge in [0.2, 0.25) is 0 Å². The first kappa shape index (κ1) is 14.6. The molecule has 20 heavy (non-hydrogen) atoms. The smallest absolute Gasteiger partial charge is 0.191 e. The molecule has 0 fully saturated rings. The van der Waals surface area contributed by atoms with Crippen molar-refractivity contribution in [1.82, 2.24) is 10.6 Å². The van der Waals surface area contributed by atoms with Gasteiger partial charge >= 0.3 is 0 Å². The second-order valence-corrected chi connectivity index (χ2v) is 4.91. The van der Waals surface area contributed by atoms with Crippen LogP contribution in [-0.4, -0.2) is 26.2 Å². The maximum absolute atomic E-state index is 5.23. The summed E-state index contributed by atoms with van der Waals surface area (Å²) in [5.41, 5.74) is 2.45. The molecular formula is C16H23N3O. The van der Waals surface area contributed by atoms with E-state index in [0.717, 1.165) is 25.3 Å². The maximum Gasteiger partial charge on any atom is 0.191 e. The zero-order valence-corrected chi connectivity index (χ0v) is 12.2. The number of hydrogen-bond donors (Lipinski definition) is 2. The molecule has 0 saturated heterocycles. The van der Waals surface area contributed by atoms with Gasteiger partial charge in [0.1, 0.15) is 0 Å². The highest BCUT2D eigenvalue weighted by Crippen LogP contribution is 2.10. The van der Waals surface area contributed by atoms with E-state index in [-0.39, 0.29) is 0 Å². The number of hydrogen-bond acceptors (Lipinski definition) is 2. The van der Waals surface area contributed by atoms with Crippen LogP contribution in [0.15, 0.2) is 41.4 Å². The van der Waals surface area contributed by atoms with Crippen molar-refractivity contribution < 1.29 is 4.74 Å². The van der Waals surface area contributed by atoms with E-state index in [1.165, 1.54) is 11.1 Å². The molecule has 1 aromatic carbocycles. The summed E-state index contributed by atoms with van der Waals surface area (Å²) in [5, 5.41) is 6.80. The van der Waals surface area contributed by atoms with Crippen LogP contribution < -0.4 is 10.6 Å². The van der Waals surface area contributed by atoms with Crippen LogP contribution in [0.5, 0.6) is 0 Å². The lowest BCUT2D eigenvalue weighted by Gasteiger charge is -2.17. The summed E-state index contributed by atoms with van der Waals surface area (Å²) in [7, 11) is 3.52. The van der Waals surface area contributed by atoms with Gasteiger partial charge in [0.05, 0.1) is 6.61 Å². The van der Waals surface area contributed by atoms with E-state index >= 15 is 0 Å². The lowest BCUT2D eigenvalue weighted by atomic mass is 10.1. The van der Waals surface area contributed by atoms with Gasteiger partial charge in [-0.3, -0.25) is 4.99 Å². The summed E-state index contributed by atoms with van der Waals surface area (Å²) in [5.74, 6) is 0.853. The van der Waals surface area contributed by atoms with E-state index in [9.17, 15) is 0 Å². The summed E-state index contributed by atoms with van der Waals surface area (Å²) >= 11 is 0. The zero-order chi connectivity index (χ0) is 14.2. The van der Waals surface area contributed by atoms with E-state index in [1.54, 1.807) is 14.2 Å². The maximum atomic E-state index is 5.23. The fourth-order valence-corrected chi connectivity index (χ4v) is 2.33. The van der Waals surface area contributed by atoms with Gasteiger partial charge in [-0.25, -0.2) is 0 Å². The Balaban J connectivity index is 1.89. The Morgan fingerprint density at radius 2 is 1.95 bits per heavy atom. The molecule has 4 nitrogen and oxygen atoms in total. The summed E-state index contributed by atoms with van der Waals surface area (Å²) < 4.78 is 5.23. The Hall–Kier alpha value is -1.81. The van der Waals surface area contributed by atoms with Crippen LogP contribution in [0.4, 0.5) is 0 Å². The van der Waals surface area contributed by atoms with Crippen LogP contribution in [-0.2, 0) is 17.9 Å². The molecular weight excluding hydrogens is 250 g/mol. The first-order chi connectivity index (χ1) is 9.83. The summed E-state index contributed by atoms with van der Waals surface area (Å²) in [6.07, 6.45) is 6.56. The molecule has 0 aromatic heterocycles. The minimum Gasteiger partial charge on any atom is -0.380 e. The van der Waals surface area contributed by atoms with Gasteiger partial charge in [-0.1, -0.05) is 36.4 Å². The van der Waals surface area contributed by atoms with Crippen LogP contribution in [0.3, 0.4) is 0 Å². The van der Waals surface area contributed by atoms with Gasteiger partial charge in [-0.2, -0.15) is 0 Å². The third-order valence-electron chi connectivity index (χ3n) is 3.44. The molecule has 0 spiro atoms. The van der Waals surface area contributed by atoms with Crippen molar-refractivity contribution in [1.29, 1.82) is 0 Å². The fourth-order valence-electron chi connectivity index (χ4n) is 2.33. The van der Waals surface area contributed by atoms with Crippen LogP contribution in [0.2, 0.25) is 0 Å². The van der Waals surface area contributed by atoms with Crippen LogP contribution in [0.1, 0.15) is 24.0 Å². The number of methoxy groups -OCH3 is 1. The van der Waals surface area contributed by atoms with Gasteiger partial charge in [-0.05, 0) is 24.0 Å². The van der Waals surface area contributed by atoms with Crippen molar-refractivity contribution in [2.75, 3.05) is 14.2 Å². The van der Waals surface area contributed by atoms with Gasteiger partial charge in [-0.15, -0.1) is 0 Å². The molecule has 1 aliphatic carbocycles. The third-order valence-corrected chi connectivity index (χ3v) is 3.44. The molecule has 0 radical (unpaired) electrons. The van der Waals surface area contributed by atoms with E-state index in [2.05, 4.69) is 39.9 Å². The normalized spacial score (nSPS) is 15.6.